The van der Waals surface area contributed by atoms with E-state index in [9.17, 15) is 4.79 Å². The lowest BCUT2D eigenvalue weighted by atomic mass is 10.0. The maximum Gasteiger partial charge on any atom is 0.234 e. The fraction of sp³-hybridized carbons (Fsp3) is 0.923. The van der Waals surface area contributed by atoms with E-state index in [1.165, 1.54) is 12.8 Å². The number of hydrogen-bond donors (Lipinski definition) is 2. The van der Waals surface area contributed by atoms with Crippen LogP contribution < -0.4 is 10.6 Å². The van der Waals surface area contributed by atoms with Crippen LogP contribution in [0.4, 0.5) is 0 Å². The van der Waals surface area contributed by atoms with Crippen LogP contribution in [0, 0.1) is 0 Å². The van der Waals surface area contributed by atoms with Gasteiger partial charge < -0.3 is 10.6 Å². The van der Waals surface area contributed by atoms with Crippen LogP contribution in [0.25, 0.3) is 0 Å². The summed E-state index contributed by atoms with van der Waals surface area (Å²) in [5.41, 5.74) is 0. The number of amides is 1. The molecule has 1 aliphatic rings. The second kappa shape index (κ2) is 10.6. The van der Waals surface area contributed by atoms with Crippen molar-refractivity contribution in [2.24, 2.45) is 0 Å². The summed E-state index contributed by atoms with van der Waals surface area (Å²) in [6, 6.07) is 0.587. The minimum absolute atomic E-state index is 0. The van der Waals surface area contributed by atoms with Crippen LogP contribution in [0.3, 0.4) is 0 Å². The quantitative estimate of drug-likeness (QED) is 0.739. The molecule has 1 heterocycles. The smallest absolute Gasteiger partial charge is 0.234 e. The van der Waals surface area contributed by atoms with Crippen molar-refractivity contribution in [3.63, 3.8) is 0 Å². The Morgan fingerprint density at radius 3 is 2.50 bits per heavy atom. The van der Waals surface area contributed by atoms with Crippen molar-refractivity contribution in [2.45, 2.75) is 45.6 Å². The van der Waals surface area contributed by atoms with Crippen molar-refractivity contribution in [1.29, 1.82) is 0 Å². The van der Waals surface area contributed by atoms with Crippen molar-refractivity contribution in [1.82, 2.24) is 15.5 Å². The van der Waals surface area contributed by atoms with Gasteiger partial charge in [0.05, 0.1) is 6.54 Å². The van der Waals surface area contributed by atoms with E-state index in [0.717, 1.165) is 39.0 Å². The molecule has 5 heteroatoms. The standard InChI is InChI=1S/C13H27N3O.ClH/c1-3-7-15-13(17)11-16(10-4-2)12-5-8-14-9-6-12;/h12,14H,3-11H2,1-2H3,(H,15,17);1H. The minimum Gasteiger partial charge on any atom is -0.355 e. The Labute approximate surface area is 117 Å². The van der Waals surface area contributed by atoms with Crippen molar-refractivity contribution in [3.8, 4) is 0 Å². The maximum atomic E-state index is 11.8. The molecular formula is C13H28ClN3O. The summed E-state index contributed by atoms with van der Waals surface area (Å²) in [7, 11) is 0. The zero-order valence-corrected chi connectivity index (χ0v) is 12.5. The summed E-state index contributed by atoms with van der Waals surface area (Å²) >= 11 is 0. The third-order valence-electron chi connectivity index (χ3n) is 3.25. The SMILES string of the molecule is CCCNC(=O)CN(CCC)C1CCNCC1.Cl. The molecular weight excluding hydrogens is 250 g/mol. The summed E-state index contributed by atoms with van der Waals surface area (Å²) in [4.78, 5) is 14.1. The number of hydrogen-bond acceptors (Lipinski definition) is 3. The van der Waals surface area contributed by atoms with Gasteiger partial charge in [0.2, 0.25) is 5.91 Å². The van der Waals surface area contributed by atoms with Crippen LogP contribution in [0.15, 0.2) is 0 Å². The van der Waals surface area contributed by atoms with Crippen LogP contribution >= 0.6 is 12.4 Å². The molecule has 0 bridgehead atoms. The Morgan fingerprint density at radius 1 is 1.28 bits per heavy atom. The van der Waals surface area contributed by atoms with E-state index < -0.39 is 0 Å². The zero-order chi connectivity index (χ0) is 12.5. The monoisotopic (exact) mass is 277 g/mol. The van der Waals surface area contributed by atoms with Gasteiger partial charge in [0, 0.05) is 12.6 Å². The predicted molar refractivity (Wildman–Crippen MR) is 78.3 cm³/mol. The molecule has 1 saturated heterocycles. The predicted octanol–water partition coefficient (Wildman–Crippen LogP) is 1.40. The number of piperidine rings is 1. The van der Waals surface area contributed by atoms with Crippen molar-refractivity contribution >= 4 is 18.3 Å². The van der Waals surface area contributed by atoms with E-state index in [-0.39, 0.29) is 18.3 Å². The average Bonchev–Trinajstić information content (AvgIpc) is 2.37. The molecule has 18 heavy (non-hydrogen) atoms. The number of nitrogens with zero attached hydrogens (tertiary/aromatic N) is 1. The van der Waals surface area contributed by atoms with Gasteiger partial charge in [-0.25, -0.2) is 0 Å². The summed E-state index contributed by atoms with van der Waals surface area (Å²) in [5, 5.41) is 6.34. The van der Waals surface area contributed by atoms with Gasteiger partial charge in [0.15, 0.2) is 0 Å². The molecule has 2 N–H and O–H groups in total. The second-order valence-corrected chi connectivity index (χ2v) is 4.80. The third kappa shape index (κ3) is 6.57. The molecule has 0 saturated carbocycles. The molecule has 1 fully saturated rings. The van der Waals surface area contributed by atoms with E-state index >= 15 is 0 Å². The number of carbonyl (C=O) groups is 1. The average molecular weight is 278 g/mol. The van der Waals surface area contributed by atoms with Gasteiger partial charge in [0.1, 0.15) is 0 Å². The van der Waals surface area contributed by atoms with E-state index in [0.29, 0.717) is 12.6 Å². The lowest BCUT2D eigenvalue weighted by molar-refractivity contribution is -0.122. The highest BCUT2D eigenvalue weighted by Gasteiger charge is 2.21. The fourth-order valence-electron chi connectivity index (χ4n) is 2.35. The zero-order valence-electron chi connectivity index (χ0n) is 11.7. The first-order valence-electron chi connectivity index (χ1n) is 6.99. The number of rotatable bonds is 7. The van der Waals surface area contributed by atoms with Crippen LogP contribution in [0.2, 0.25) is 0 Å². The van der Waals surface area contributed by atoms with Crippen LogP contribution in [-0.2, 0) is 4.79 Å². The van der Waals surface area contributed by atoms with Crippen molar-refractivity contribution in [2.75, 3.05) is 32.7 Å². The lowest BCUT2D eigenvalue weighted by Crippen LogP contribution is -2.47. The summed E-state index contributed by atoms with van der Waals surface area (Å²) in [5.74, 6) is 0.179. The van der Waals surface area contributed by atoms with E-state index in [2.05, 4.69) is 29.4 Å². The fourth-order valence-corrected chi connectivity index (χ4v) is 2.35. The first-order chi connectivity index (χ1) is 8.27. The molecule has 0 spiro atoms. The maximum absolute atomic E-state index is 11.8. The Bertz CT molecular complexity index is 220. The topological polar surface area (TPSA) is 44.4 Å². The van der Waals surface area contributed by atoms with Crippen molar-refractivity contribution < 1.29 is 4.79 Å². The number of carbonyl (C=O) groups excluding carboxylic acids is 1. The van der Waals surface area contributed by atoms with E-state index in [1.54, 1.807) is 0 Å². The van der Waals surface area contributed by atoms with Gasteiger partial charge in [-0.3, -0.25) is 9.69 Å². The van der Waals surface area contributed by atoms with Crippen LogP contribution in [0.5, 0.6) is 0 Å². The minimum atomic E-state index is 0. The normalized spacial score (nSPS) is 16.4. The summed E-state index contributed by atoms with van der Waals surface area (Å²) in [6.07, 6.45) is 4.46. The molecule has 1 amide bonds. The second-order valence-electron chi connectivity index (χ2n) is 4.80. The number of halogens is 1. The Morgan fingerprint density at radius 2 is 1.94 bits per heavy atom. The Hall–Kier alpha value is -0.320. The lowest BCUT2D eigenvalue weighted by Gasteiger charge is -2.34. The Balaban J connectivity index is 0.00000289. The van der Waals surface area contributed by atoms with Gasteiger partial charge in [0.25, 0.3) is 0 Å². The molecule has 4 nitrogen and oxygen atoms in total. The number of nitrogens with one attached hydrogen (secondary N) is 2. The highest BCUT2D eigenvalue weighted by molar-refractivity contribution is 5.85. The summed E-state index contributed by atoms with van der Waals surface area (Å²) in [6.45, 7) is 8.82. The van der Waals surface area contributed by atoms with Crippen LogP contribution in [0.1, 0.15) is 39.5 Å². The molecule has 0 aromatic rings. The molecule has 1 rings (SSSR count). The Kier molecular flexibility index (Phi) is 10.4. The van der Waals surface area contributed by atoms with Crippen LogP contribution in [-0.4, -0.2) is 49.6 Å². The first kappa shape index (κ1) is 17.7. The van der Waals surface area contributed by atoms with Gasteiger partial charge >= 0.3 is 0 Å². The van der Waals surface area contributed by atoms with E-state index in [4.69, 9.17) is 0 Å². The third-order valence-corrected chi connectivity index (χ3v) is 3.25. The summed E-state index contributed by atoms with van der Waals surface area (Å²) < 4.78 is 0. The van der Waals surface area contributed by atoms with Crippen molar-refractivity contribution in [3.05, 3.63) is 0 Å². The van der Waals surface area contributed by atoms with Gasteiger partial charge in [-0.1, -0.05) is 13.8 Å². The molecule has 108 valence electrons. The molecule has 0 radical (unpaired) electrons. The molecule has 0 aromatic heterocycles. The highest BCUT2D eigenvalue weighted by atomic mass is 35.5. The first-order valence-corrected chi connectivity index (χ1v) is 6.99. The van der Waals surface area contributed by atoms with Gasteiger partial charge in [-0.2, -0.15) is 0 Å². The molecule has 0 unspecified atom stereocenters. The molecule has 0 aliphatic carbocycles. The molecule has 0 aromatic carbocycles. The highest BCUT2D eigenvalue weighted by Crippen LogP contribution is 2.11. The largest absolute Gasteiger partial charge is 0.355 e. The van der Waals surface area contributed by atoms with Gasteiger partial charge in [-0.05, 0) is 45.3 Å². The van der Waals surface area contributed by atoms with E-state index in [1.807, 2.05) is 0 Å². The molecule has 1 aliphatic heterocycles. The molecule has 0 atom stereocenters. The van der Waals surface area contributed by atoms with Gasteiger partial charge in [-0.15, -0.1) is 12.4 Å².